The Morgan fingerprint density at radius 1 is 1.06 bits per heavy atom. The van der Waals surface area contributed by atoms with Crippen molar-refractivity contribution >= 4 is 17.8 Å². The topological polar surface area (TPSA) is 59.0 Å². The number of allylic oxidation sites excluding steroid dienone is 2. The van der Waals surface area contributed by atoms with Crippen LogP contribution in [0.15, 0.2) is 84.3 Å². The Kier molecular flexibility index (Phi) is 6.80. The van der Waals surface area contributed by atoms with Crippen molar-refractivity contribution in [1.82, 2.24) is 4.90 Å². The third-order valence-electron chi connectivity index (χ3n) is 6.44. The molecule has 1 N–H and O–H groups in total. The molecule has 172 valence electrons. The third-order valence-corrected chi connectivity index (χ3v) is 6.62. The lowest BCUT2D eigenvalue weighted by molar-refractivity contribution is -0.136. The molecule has 33 heavy (non-hydrogen) atoms. The van der Waals surface area contributed by atoms with E-state index in [0.717, 1.165) is 23.4 Å². The van der Waals surface area contributed by atoms with Crippen molar-refractivity contribution in [3.8, 4) is 5.75 Å². The molecule has 0 amide bonds. The minimum atomic E-state index is -0.786. The number of fused-ring (bicyclic) bond motifs is 1. The van der Waals surface area contributed by atoms with Gasteiger partial charge in [-0.1, -0.05) is 48.6 Å². The summed E-state index contributed by atoms with van der Waals surface area (Å²) in [7, 11) is 0. The van der Waals surface area contributed by atoms with Crippen LogP contribution in [-0.2, 0) is 28.7 Å². The van der Waals surface area contributed by atoms with Gasteiger partial charge in [-0.05, 0) is 61.2 Å². The smallest absolute Gasteiger partial charge is 0.303 e. The fraction of sp³-hybridized carbons (Fsp3) is 0.296. The first-order valence-corrected chi connectivity index (χ1v) is 11.4. The van der Waals surface area contributed by atoms with E-state index in [2.05, 4.69) is 61.2 Å². The second-order valence-electron chi connectivity index (χ2n) is 8.77. The van der Waals surface area contributed by atoms with Gasteiger partial charge in [-0.25, -0.2) is 0 Å². The van der Waals surface area contributed by atoms with E-state index in [1.54, 1.807) is 0 Å². The number of carbonyl (C=O) groups is 1. The molecule has 0 spiro atoms. The second kappa shape index (κ2) is 9.75. The molecular weight excluding hydrogens is 438 g/mol. The average Bonchev–Trinajstić information content (AvgIpc) is 3.06. The van der Waals surface area contributed by atoms with E-state index >= 15 is 0 Å². The first-order valence-electron chi connectivity index (χ1n) is 11.0. The zero-order valence-electron chi connectivity index (χ0n) is 18.8. The molecular formula is C27H28ClNO4. The van der Waals surface area contributed by atoms with Crippen LogP contribution in [0.1, 0.15) is 37.0 Å². The van der Waals surface area contributed by atoms with Gasteiger partial charge in [0.05, 0.1) is 5.54 Å². The number of ether oxygens (including phenoxy) is 1. The number of halogens is 1. The molecule has 0 fully saturated rings. The Morgan fingerprint density at radius 2 is 1.73 bits per heavy atom. The number of carboxylic acid groups (broad SMARTS) is 1. The van der Waals surface area contributed by atoms with Gasteiger partial charge in [-0.2, -0.15) is 0 Å². The van der Waals surface area contributed by atoms with Crippen molar-refractivity contribution in [2.75, 3.05) is 0 Å². The van der Waals surface area contributed by atoms with Gasteiger partial charge >= 0.3 is 5.97 Å². The summed E-state index contributed by atoms with van der Waals surface area (Å²) < 4.78 is 10.8. The molecule has 5 nitrogen and oxygen atoms in total. The van der Waals surface area contributed by atoms with Crippen LogP contribution < -0.4 is 4.74 Å². The molecule has 2 unspecified atom stereocenters. The maximum Gasteiger partial charge on any atom is 0.303 e. The number of rotatable bonds is 9. The van der Waals surface area contributed by atoms with Crippen LogP contribution in [-0.4, -0.2) is 21.5 Å². The second-order valence-corrected chi connectivity index (χ2v) is 8.92. The van der Waals surface area contributed by atoms with Crippen molar-refractivity contribution in [3.63, 3.8) is 0 Å². The van der Waals surface area contributed by atoms with Crippen molar-refractivity contribution in [2.45, 2.75) is 45.4 Å². The zero-order valence-corrected chi connectivity index (χ0v) is 19.6. The summed E-state index contributed by atoms with van der Waals surface area (Å²) >= 11 is 5.54. The maximum absolute atomic E-state index is 10.7. The summed E-state index contributed by atoms with van der Waals surface area (Å²) in [6, 6.07) is 16.1. The van der Waals surface area contributed by atoms with Gasteiger partial charge in [-0.15, -0.1) is 0 Å². The minimum absolute atomic E-state index is 0.134. The van der Waals surface area contributed by atoms with Crippen LogP contribution in [0.5, 0.6) is 5.75 Å². The lowest BCUT2D eigenvalue weighted by Crippen LogP contribution is -2.44. The van der Waals surface area contributed by atoms with Crippen LogP contribution in [0.2, 0.25) is 0 Å². The highest BCUT2D eigenvalue weighted by Gasteiger charge is 2.42. The highest BCUT2D eigenvalue weighted by atomic mass is 35.5. The quantitative estimate of drug-likeness (QED) is 0.492. The van der Waals surface area contributed by atoms with Gasteiger partial charge in [0, 0.05) is 24.6 Å². The number of aliphatic carboxylic acids is 1. The molecule has 0 saturated heterocycles. The summed E-state index contributed by atoms with van der Waals surface area (Å²) in [4.78, 5) is 13.1. The van der Waals surface area contributed by atoms with Gasteiger partial charge < -0.3 is 19.0 Å². The lowest BCUT2D eigenvalue weighted by Gasteiger charge is -2.40. The Bertz CT molecular complexity index is 1090. The molecule has 0 aromatic heterocycles. The van der Waals surface area contributed by atoms with Crippen LogP contribution >= 0.6 is 11.9 Å². The number of carboxylic acids is 1. The lowest BCUT2D eigenvalue weighted by atomic mass is 9.83. The molecule has 1 heterocycles. The van der Waals surface area contributed by atoms with E-state index in [0.29, 0.717) is 18.8 Å². The average molecular weight is 466 g/mol. The van der Waals surface area contributed by atoms with E-state index in [1.807, 2.05) is 30.3 Å². The molecule has 2 aliphatic rings. The Balaban J connectivity index is 1.33. The molecule has 1 aliphatic carbocycles. The molecule has 2 aromatic carbocycles. The summed E-state index contributed by atoms with van der Waals surface area (Å²) in [5.74, 6) is 0.891. The van der Waals surface area contributed by atoms with Crippen LogP contribution in [0.4, 0.5) is 0 Å². The van der Waals surface area contributed by atoms with Gasteiger partial charge in [0.2, 0.25) is 0 Å². The van der Waals surface area contributed by atoms with E-state index in [9.17, 15) is 4.79 Å². The van der Waals surface area contributed by atoms with E-state index in [4.69, 9.17) is 26.0 Å². The van der Waals surface area contributed by atoms with Crippen molar-refractivity contribution in [1.29, 1.82) is 0 Å². The summed E-state index contributed by atoms with van der Waals surface area (Å²) in [6.07, 6.45) is 9.08. The molecule has 1 aliphatic heterocycles. The van der Waals surface area contributed by atoms with E-state index < -0.39 is 5.97 Å². The van der Waals surface area contributed by atoms with Gasteiger partial charge in [0.15, 0.2) is 0 Å². The van der Waals surface area contributed by atoms with Crippen LogP contribution in [0.3, 0.4) is 0 Å². The van der Waals surface area contributed by atoms with Crippen molar-refractivity contribution in [2.24, 2.45) is 5.92 Å². The highest BCUT2D eigenvalue weighted by molar-refractivity contribution is 6.08. The summed E-state index contributed by atoms with van der Waals surface area (Å²) in [5, 5.41) is 8.79. The standard InChI is InChI=1S/C27H28ClNO4/c1-19-15-23-16-25(33-28)13-14-27(23,2)29(19)17-21-3-5-22(6-4-21)18-32-24-10-7-20(8-11-24)9-12-26(30)31/h3-8,10-11,13-16,23H,9,12,17-18H2,1-2H3,(H,30,31). The first kappa shape index (κ1) is 23.0. The minimum Gasteiger partial charge on any atom is -0.489 e. The molecule has 0 bridgehead atoms. The largest absolute Gasteiger partial charge is 0.489 e. The van der Waals surface area contributed by atoms with Gasteiger partial charge in [0.1, 0.15) is 30.0 Å². The van der Waals surface area contributed by atoms with E-state index in [-0.39, 0.29) is 17.9 Å². The maximum atomic E-state index is 10.7. The number of hydrogen-bond donors (Lipinski definition) is 1. The molecule has 6 heteroatoms. The number of nitrogens with zero attached hydrogens (tertiary/aromatic N) is 1. The van der Waals surface area contributed by atoms with Gasteiger partial charge in [-0.3, -0.25) is 4.79 Å². The van der Waals surface area contributed by atoms with Gasteiger partial charge in [0.25, 0.3) is 0 Å². The molecule has 0 saturated carbocycles. The summed E-state index contributed by atoms with van der Waals surface area (Å²) in [5.41, 5.74) is 4.41. The third kappa shape index (κ3) is 5.25. The Morgan fingerprint density at radius 3 is 2.39 bits per heavy atom. The monoisotopic (exact) mass is 465 g/mol. The molecule has 2 atom stereocenters. The normalized spacial score (nSPS) is 21.3. The number of aryl methyl sites for hydroxylation is 1. The SMILES string of the molecule is CC1=CC2C=C(OCl)C=CC2(C)N1Cc1ccc(COc2ccc(CCC(=O)O)cc2)cc1. The highest BCUT2D eigenvalue weighted by Crippen LogP contribution is 2.43. The fourth-order valence-electron chi connectivity index (χ4n) is 4.42. The predicted octanol–water partition coefficient (Wildman–Crippen LogP) is 6.00. The Labute approximate surface area is 199 Å². The van der Waals surface area contributed by atoms with Crippen molar-refractivity contribution < 1.29 is 18.9 Å². The first-order chi connectivity index (χ1) is 15.9. The van der Waals surface area contributed by atoms with Crippen LogP contribution in [0, 0.1) is 5.92 Å². The molecule has 4 rings (SSSR count). The number of hydrogen-bond acceptors (Lipinski definition) is 4. The van der Waals surface area contributed by atoms with E-state index in [1.165, 1.54) is 11.3 Å². The summed E-state index contributed by atoms with van der Waals surface area (Å²) in [6.45, 7) is 5.66. The van der Waals surface area contributed by atoms with Crippen LogP contribution in [0.25, 0.3) is 0 Å². The molecule has 0 radical (unpaired) electrons. The Hall–Kier alpha value is -3.18. The zero-order chi connectivity index (χ0) is 23.4. The fourth-order valence-corrected chi connectivity index (χ4v) is 4.52. The predicted molar refractivity (Wildman–Crippen MR) is 129 cm³/mol. The van der Waals surface area contributed by atoms with Crippen molar-refractivity contribution in [3.05, 3.63) is 101 Å². The molecule has 2 aromatic rings. The number of benzene rings is 2.